The molecule has 0 spiro atoms. The molecular weight excluding hydrogens is 348 g/mol. The van der Waals surface area contributed by atoms with Crippen molar-refractivity contribution in [2.75, 3.05) is 19.8 Å². The molecule has 0 unspecified atom stereocenters. The number of hydrogen-bond donors (Lipinski definition) is 2. The molecule has 2 amide bonds. The van der Waals surface area contributed by atoms with Crippen LogP contribution in [-0.2, 0) is 19.5 Å². The second kappa shape index (κ2) is 9.21. The fraction of sp³-hybridized carbons (Fsp3) is 0.385. The second-order valence-electron chi connectivity index (χ2n) is 4.26. The average molecular weight is 365 g/mol. The summed E-state index contributed by atoms with van der Waals surface area (Å²) in [5.74, 6) is 0. The Labute approximate surface area is 139 Å². The van der Waals surface area contributed by atoms with Gasteiger partial charge in [-0.2, -0.15) is 0 Å². The molecule has 1 aromatic carbocycles. The van der Waals surface area contributed by atoms with Gasteiger partial charge in [-0.25, -0.2) is 22.7 Å². The van der Waals surface area contributed by atoms with Crippen molar-refractivity contribution in [2.45, 2.75) is 18.2 Å². The third-order valence-electron chi connectivity index (χ3n) is 2.38. The van der Waals surface area contributed by atoms with E-state index in [0.29, 0.717) is 11.4 Å². The van der Waals surface area contributed by atoms with Crippen molar-refractivity contribution < 1.29 is 27.5 Å². The molecule has 0 fully saturated rings. The molecule has 1 rings (SSSR count). The molecule has 23 heavy (non-hydrogen) atoms. The zero-order chi connectivity index (χ0) is 17.3. The third kappa shape index (κ3) is 7.20. The summed E-state index contributed by atoms with van der Waals surface area (Å²) in [7, 11) is -4.04. The summed E-state index contributed by atoms with van der Waals surface area (Å²) in [6, 6.07) is 5.27. The maximum absolute atomic E-state index is 11.9. The van der Waals surface area contributed by atoms with Crippen LogP contribution in [0.2, 0.25) is 5.02 Å². The lowest BCUT2D eigenvalue weighted by Crippen LogP contribution is -2.34. The third-order valence-corrected chi connectivity index (χ3v) is 3.96. The van der Waals surface area contributed by atoms with Crippen molar-refractivity contribution in [1.82, 2.24) is 10.0 Å². The number of carbonyl (C=O) groups excluding carboxylic acids is 2. The van der Waals surface area contributed by atoms with Crippen molar-refractivity contribution in [3.63, 3.8) is 0 Å². The highest BCUT2D eigenvalue weighted by molar-refractivity contribution is 7.90. The number of sulfonamides is 1. The summed E-state index contributed by atoms with van der Waals surface area (Å²) in [6.07, 6.45) is -1.09. The van der Waals surface area contributed by atoms with Crippen molar-refractivity contribution in [2.24, 2.45) is 0 Å². The van der Waals surface area contributed by atoms with Gasteiger partial charge < -0.3 is 14.8 Å². The quantitative estimate of drug-likeness (QED) is 0.715. The molecule has 128 valence electrons. The first-order chi connectivity index (χ1) is 10.8. The Morgan fingerprint density at radius 3 is 2.30 bits per heavy atom. The van der Waals surface area contributed by atoms with E-state index in [4.69, 9.17) is 16.3 Å². The maximum atomic E-state index is 11.9. The topological polar surface area (TPSA) is 111 Å². The van der Waals surface area contributed by atoms with Gasteiger partial charge in [-0.05, 0) is 30.7 Å². The van der Waals surface area contributed by atoms with Gasteiger partial charge >= 0.3 is 12.2 Å². The van der Waals surface area contributed by atoms with Gasteiger partial charge in [0.1, 0.15) is 6.61 Å². The predicted octanol–water partition coefficient (Wildman–Crippen LogP) is 1.89. The summed E-state index contributed by atoms with van der Waals surface area (Å²) in [6.45, 7) is 1.93. The SMILES string of the molecule is CCCOC(=O)NCCOC(=O)NS(=O)(=O)c1ccc(Cl)cc1. The van der Waals surface area contributed by atoms with E-state index in [2.05, 4.69) is 10.1 Å². The lowest BCUT2D eigenvalue weighted by atomic mass is 10.4. The van der Waals surface area contributed by atoms with Gasteiger partial charge in [0.15, 0.2) is 0 Å². The maximum Gasteiger partial charge on any atom is 0.421 e. The van der Waals surface area contributed by atoms with Crippen molar-refractivity contribution >= 4 is 33.8 Å². The number of halogens is 1. The van der Waals surface area contributed by atoms with Gasteiger partial charge in [0.2, 0.25) is 0 Å². The number of amides is 2. The molecule has 0 saturated heterocycles. The molecule has 0 saturated carbocycles. The number of rotatable bonds is 7. The van der Waals surface area contributed by atoms with Crippen LogP contribution in [0.1, 0.15) is 13.3 Å². The highest BCUT2D eigenvalue weighted by Gasteiger charge is 2.18. The van der Waals surface area contributed by atoms with Gasteiger partial charge in [-0.15, -0.1) is 0 Å². The largest absolute Gasteiger partial charge is 0.450 e. The van der Waals surface area contributed by atoms with Crippen LogP contribution in [0.3, 0.4) is 0 Å². The first-order valence-corrected chi connectivity index (χ1v) is 8.57. The first kappa shape index (κ1) is 19.0. The molecular formula is C13H17ClN2O6S. The summed E-state index contributed by atoms with van der Waals surface area (Å²) in [5.41, 5.74) is 0. The van der Waals surface area contributed by atoms with Gasteiger partial charge in [-0.1, -0.05) is 18.5 Å². The lowest BCUT2D eigenvalue weighted by Gasteiger charge is -2.09. The van der Waals surface area contributed by atoms with Crippen LogP contribution in [0.5, 0.6) is 0 Å². The molecule has 2 N–H and O–H groups in total. The molecule has 0 radical (unpaired) electrons. The minimum absolute atomic E-state index is 0.00302. The van der Waals surface area contributed by atoms with Crippen molar-refractivity contribution in [3.05, 3.63) is 29.3 Å². The lowest BCUT2D eigenvalue weighted by molar-refractivity contribution is 0.134. The molecule has 0 aliphatic heterocycles. The number of alkyl carbamates (subject to hydrolysis) is 1. The van der Waals surface area contributed by atoms with Crippen LogP contribution in [-0.4, -0.2) is 40.4 Å². The standard InChI is InChI=1S/C13H17ClN2O6S/c1-2-8-21-12(17)15-7-9-22-13(18)16-23(19,20)11-5-3-10(14)4-6-11/h3-6H,2,7-9H2,1H3,(H,15,17)(H,16,18). The fourth-order valence-corrected chi connectivity index (χ4v) is 2.37. The van der Waals surface area contributed by atoms with Crippen LogP contribution >= 0.6 is 11.6 Å². The highest BCUT2D eigenvalue weighted by Crippen LogP contribution is 2.13. The van der Waals surface area contributed by atoms with E-state index in [1.807, 2.05) is 6.92 Å². The monoisotopic (exact) mass is 364 g/mol. The number of nitrogens with one attached hydrogen (secondary N) is 2. The Morgan fingerprint density at radius 2 is 1.70 bits per heavy atom. The van der Waals surface area contributed by atoms with Gasteiger partial charge in [0.05, 0.1) is 18.0 Å². The summed E-state index contributed by atoms with van der Waals surface area (Å²) < 4.78 is 34.9. The Hall–Kier alpha value is -2.00. The van der Waals surface area contributed by atoms with Crippen molar-refractivity contribution in [3.8, 4) is 0 Å². The molecule has 0 heterocycles. The molecule has 0 atom stereocenters. The van der Waals surface area contributed by atoms with Gasteiger partial charge in [0, 0.05) is 5.02 Å². The van der Waals surface area contributed by atoms with Gasteiger partial charge in [0.25, 0.3) is 10.0 Å². The van der Waals surface area contributed by atoms with Crippen LogP contribution in [0.15, 0.2) is 29.2 Å². The molecule has 0 aromatic heterocycles. The minimum Gasteiger partial charge on any atom is -0.450 e. The van der Waals surface area contributed by atoms with E-state index in [1.54, 1.807) is 4.72 Å². The highest BCUT2D eigenvalue weighted by atomic mass is 35.5. The van der Waals surface area contributed by atoms with E-state index in [9.17, 15) is 18.0 Å². The Balaban J connectivity index is 2.36. The fourth-order valence-electron chi connectivity index (χ4n) is 1.35. The zero-order valence-electron chi connectivity index (χ0n) is 12.4. The molecule has 0 bridgehead atoms. The summed E-state index contributed by atoms with van der Waals surface area (Å²) >= 11 is 5.66. The second-order valence-corrected chi connectivity index (χ2v) is 6.38. The molecule has 1 aromatic rings. The molecule has 0 aliphatic rings. The smallest absolute Gasteiger partial charge is 0.421 e. The molecule has 10 heteroatoms. The summed E-state index contributed by atoms with van der Waals surface area (Å²) in [4.78, 5) is 22.4. The summed E-state index contributed by atoms with van der Waals surface area (Å²) in [5, 5.41) is 2.71. The Bertz CT molecular complexity index is 632. The number of hydrogen-bond acceptors (Lipinski definition) is 6. The average Bonchev–Trinajstić information content (AvgIpc) is 2.49. The normalized spacial score (nSPS) is 10.7. The van der Waals surface area contributed by atoms with Gasteiger partial charge in [-0.3, -0.25) is 0 Å². The predicted molar refractivity (Wildman–Crippen MR) is 82.8 cm³/mol. The van der Waals surface area contributed by atoms with E-state index in [-0.39, 0.29) is 24.7 Å². The first-order valence-electron chi connectivity index (χ1n) is 6.71. The van der Waals surface area contributed by atoms with Crippen molar-refractivity contribution in [1.29, 1.82) is 0 Å². The molecule has 8 nitrogen and oxygen atoms in total. The number of carbonyl (C=O) groups is 2. The number of ether oxygens (including phenoxy) is 2. The molecule has 0 aliphatic carbocycles. The van der Waals surface area contributed by atoms with Crippen LogP contribution in [0.25, 0.3) is 0 Å². The van der Waals surface area contributed by atoms with E-state index in [0.717, 1.165) is 0 Å². The van der Waals surface area contributed by atoms with E-state index >= 15 is 0 Å². The van der Waals surface area contributed by atoms with Crippen LogP contribution in [0, 0.1) is 0 Å². The van der Waals surface area contributed by atoms with E-state index < -0.39 is 22.2 Å². The number of benzene rings is 1. The zero-order valence-corrected chi connectivity index (χ0v) is 13.9. The Morgan fingerprint density at radius 1 is 1.09 bits per heavy atom. The Kier molecular flexibility index (Phi) is 7.63. The van der Waals surface area contributed by atoms with Crippen LogP contribution in [0.4, 0.5) is 9.59 Å². The minimum atomic E-state index is -4.04. The van der Waals surface area contributed by atoms with Crippen LogP contribution < -0.4 is 10.0 Å². The van der Waals surface area contributed by atoms with E-state index in [1.165, 1.54) is 24.3 Å².